The molecule has 0 radical (unpaired) electrons. The zero-order valence-electron chi connectivity index (χ0n) is 26.2. The average Bonchev–Trinajstić information content (AvgIpc) is 3.52. The molecule has 2 amide bonds. The fourth-order valence-corrected chi connectivity index (χ4v) is 6.24. The first kappa shape index (κ1) is 31.1. The van der Waals surface area contributed by atoms with Gasteiger partial charge >= 0.3 is 6.09 Å². The van der Waals surface area contributed by atoms with Gasteiger partial charge in [0.2, 0.25) is 5.91 Å². The molecule has 0 bridgehead atoms. The number of benzene rings is 4. The summed E-state index contributed by atoms with van der Waals surface area (Å²) >= 11 is 0. The Hall–Kier alpha value is -4.92. The number of ether oxygens (including phenoxy) is 2. The first-order valence-electron chi connectivity index (χ1n) is 15.8. The molecule has 8 heteroatoms. The summed E-state index contributed by atoms with van der Waals surface area (Å²) in [7, 11) is 1.30. The van der Waals surface area contributed by atoms with E-state index in [1.165, 1.54) is 18.1 Å². The van der Waals surface area contributed by atoms with Gasteiger partial charge in [-0.25, -0.2) is 4.79 Å². The summed E-state index contributed by atoms with van der Waals surface area (Å²) in [5.74, 6) is -0.771. The summed E-state index contributed by atoms with van der Waals surface area (Å²) in [4.78, 5) is 30.1. The number of anilines is 1. The van der Waals surface area contributed by atoms with Crippen molar-refractivity contribution in [3.8, 4) is 0 Å². The first-order valence-corrected chi connectivity index (χ1v) is 15.8. The van der Waals surface area contributed by atoms with Crippen molar-refractivity contribution in [3.05, 3.63) is 137 Å². The molecule has 3 atom stereocenters. The fourth-order valence-electron chi connectivity index (χ4n) is 6.24. The lowest BCUT2D eigenvalue weighted by Gasteiger charge is -2.30. The Morgan fingerprint density at radius 3 is 2.28 bits per heavy atom. The van der Waals surface area contributed by atoms with E-state index in [2.05, 4.69) is 52.1 Å². The molecule has 5 aromatic rings. The number of hydrogen-bond acceptors (Lipinski definition) is 5. The number of carbonyl (C=O) groups excluding carboxylic acids is 2. The minimum Gasteiger partial charge on any atom is -0.453 e. The molecule has 8 nitrogen and oxygen atoms in total. The number of aryl methyl sites for hydroxylation is 2. The topological polar surface area (TPSA) is 104 Å². The van der Waals surface area contributed by atoms with Crippen molar-refractivity contribution < 1.29 is 19.1 Å². The molecular formula is C38H40N4O4. The molecule has 1 aliphatic heterocycles. The quantitative estimate of drug-likeness (QED) is 0.141. The van der Waals surface area contributed by atoms with E-state index in [-0.39, 0.29) is 18.1 Å². The number of morpholine rings is 1. The van der Waals surface area contributed by atoms with Gasteiger partial charge in [-0.1, -0.05) is 90.5 Å². The maximum absolute atomic E-state index is 14.0. The number of carbonyl (C=O) groups is 2. The van der Waals surface area contributed by atoms with Gasteiger partial charge in [-0.05, 0) is 66.1 Å². The second-order valence-electron chi connectivity index (χ2n) is 11.8. The lowest BCUT2D eigenvalue weighted by Crippen LogP contribution is -2.48. The van der Waals surface area contributed by atoms with Crippen LogP contribution < -0.4 is 16.0 Å². The van der Waals surface area contributed by atoms with Crippen LogP contribution in [0.3, 0.4) is 0 Å². The van der Waals surface area contributed by atoms with E-state index in [0.29, 0.717) is 12.3 Å². The van der Waals surface area contributed by atoms with Gasteiger partial charge < -0.3 is 30.4 Å². The highest BCUT2D eigenvalue weighted by Crippen LogP contribution is 2.30. The summed E-state index contributed by atoms with van der Waals surface area (Å²) in [5.41, 5.74) is 7.02. The number of nitrogens with one attached hydrogen (secondary N) is 4. The SMILES string of the molecule is COC(=O)NC(C(=O)Nc1ccccc1CC[C@@H]1CN[C@H](c2cc3cc(C)ccc3[nH]2)CO1)C(c1ccccc1)c1ccccc1. The number of aromatic amines is 1. The van der Waals surface area contributed by atoms with Gasteiger partial charge in [0, 0.05) is 29.4 Å². The highest BCUT2D eigenvalue weighted by Gasteiger charge is 2.33. The number of H-pyrrole nitrogens is 1. The molecule has 6 rings (SSSR count). The summed E-state index contributed by atoms with van der Waals surface area (Å²) in [5, 5.41) is 10.8. The fraction of sp³-hybridized carbons (Fsp3) is 0.263. The third-order valence-electron chi connectivity index (χ3n) is 8.67. The highest BCUT2D eigenvalue weighted by atomic mass is 16.5. The van der Waals surface area contributed by atoms with Crippen LogP contribution in [0.15, 0.2) is 109 Å². The second kappa shape index (κ2) is 14.5. The lowest BCUT2D eigenvalue weighted by molar-refractivity contribution is -0.118. The molecule has 236 valence electrons. The molecule has 1 saturated heterocycles. The Morgan fingerprint density at radius 2 is 1.61 bits per heavy atom. The molecule has 1 fully saturated rings. The van der Waals surface area contributed by atoms with E-state index < -0.39 is 18.1 Å². The average molecular weight is 617 g/mol. The smallest absolute Gasteiger partial charge is 0.407 e. The van der Waals surface area contributed by atoms with Crippen molar-refractivity contribution in [2.24, 2.45) is 0 Å². The van der Waals surface area contributed by atoms with Crippen molar-refractivity contribution >= 4 is 28.6 Å². The number of alkyl carbamates (subject to hydrolysis) is 1. The summed E-state index contributed by atoms with van der Waals surface area (Å²) in [6.07, 6.45) is 0.877. The Bertz CT molecular complexity index is 1720. The van der Waals surface area contributed by atoms with E-state index >= 15 is 0 Å². The maximum atomic E-state index is 14.0. The van der Waals surface area contributed by atoms with Crippen LogP contribution in [0, 0.1) is 6.92 Å². The first-order chi connectivity index (χ1) is 22.5. The lowest BCUT2D eigenvalue weighted by atomic mass is 9.84. The third kappa shape index (κ3) is 7.30. The number of hydrogen-bond donors (Lipinski definition) is 4. The monoisotopic (exact) mass is 616 g/mol. The third-order valence-corrected chi connectivity index (χ3v) is 8.67. The largest absolute Gasteiger partial charge is 0.453 e. The Labute approximate surface area is 269 Å². The highest BCUT2D eigenvalue weighted by molar-refractivity contribution is 5.98. The molecule has 0 spiro atoms. The van der Waals surface area contributed by atoms with Gasteiger partial charge in [0.15, 0.2) is 0 Å². The number of amides is 2. The van der Waals surface area contributed by atoms with Gasteiger partial charge in [-0.2, -0.15) is 0 Å². The van der Waals surface area contributed by atoms with Crippen LogP contribution in [-0.2, 0) is 20.7 Å². The predicted octanol–water partition coefficient (Wildman–Crippen LogP) is 6.63. The van der Waals surface area contributed by atoms with E-state index in [4.69, 9.17) is 9.47 Å². The number of para-hydroxylation sites is 1. The van der Waals surface area contributed by atoms with Crippen LogP contribution >= 0.6 is 0 Å². The van der Waals surface area contributed by atoms with Gasteiger partial charge in [-0.15, -0.1) is 0 Å². The number of rotatable bonds is 10. The Balaban J connectivity index is 1.14. The van der Waals surface area contributed by atoms with Gasteiger partial charge in [0.05, 0.1) is 25.9 Å². The molecule has 4 aromatic carbocycles. The second-order valence-corrected chi connectivity index (χ2v) is 11.8. The summed E-state index contributed by atoms with van der Waals surface area (Å²) in [6.45, 7) is 3.41. The van der Waals surface area contributed by atoms with E-state index in [0.717, 1.165) is 47.3 Å². The van der Waals surface area contributed by atoms with Gasteiger partial charge in [0.25, 0.3) is 0 Å². The molecule has 1 aliphatic rings. The van der Waals surface area contributed by atoms with Crippen LogP contribution in [0.5, 0.6) is 0 Å². The number of fused-ring (bicyclic) bond motifs is 1. The van der Waals surface area contributed by atoms with Crippen LogP contribution in [0.25, 0.3) is 10.9 Å². The van der Waals surface area contributed by atoms with Crippen LogP contribution in [0.4, 0.5) is 10.5 Å². The van der Waals surface area contributed by atoms with Gasteiger partial charge in [-0.3, -0.25) is 4.79 Å². The number of aromatic nitrogens is 1. The van der Waals surface area contributed by atoms with Crippen molar-refractivity contribution in [1.82, 2.24) is 15.6 Å². The predicted molar refractivity (Wildman–Crippen MR) is 181 cm³/mol. The Kier molecular flexibility index (Phi) is 9.76. The molecule has 4 N–H and O–H groups in total. The van der Waals surface area contributed by atoms with Crippen LogP contribution in [-0.4, -0.2) is 49.4 Å². The molecular weight excluding hydrogens is 576 g/mol. The minimum atomic E-state index is -0.929. The van der Waals surface area contributed by atoms with Crippen molar-refractivity contribution in [2.45, 2.75) is 43.9 Å². The molecule has 1 aromatic heterocycles. The van der Waals surface area contributed by atoms with Crippen molar-refractivity contribution in [3.63, 3.8) is 0 Å². The van der Waals surface area contributed by atoms with E-state index in [1.54, 1.807) is 0 Å². The van der Waals surface area contributed by atoms with E-state index in [9.17, 15) is 9.59 Å². The summed E-state index contributed by atoms with van der Waals surface area (Å²) in [6, 6.07) is 35.0. The molecule has 0 aliphatic carbocycles. The maximum Gasteiger partial charge on any atom is 0.407 e. The Morgan fingerprint density at radius 1 is 0.913 bits per heavy atom. The standard InChI is InChI=1S/C38H40N4O4/c1-25-17-20-32-29(21-25)22-33(40-32)34-24-46-30(23-39-34)19-18-26-11-9-10-16-31(26)41-37(43)36(42-38(44)45-2)35(27-12-5-3-6-13-27)28-14-7-4-8-15-28/h3-17,20-22,30,34-36,39-40H,18-19,23-24H2,1-2H3,(H,41,43)(H,42,44)/t30-,34+,36?/m1/s1. The minimum absolute atomic E-state index is 0.0425. The van der Waals surface area contributed by atoms with Gasteiger partial charge in [0.1, 0.15) is 6.04 Å². The van der Waals surface area contributed by atoms with Crippen LogP contribution in [0.1, 0.15) is 46.3 Å². The van der Waals surface area contributed by atoms with E-state index in [1.807, 2.05) is 84.9 Å². The molecule has 0 saturated carbocycles. The van der Waals surface area contributed by atoms with Crippen molar-refractivity contribution in [2.75, 3.05) is 25.6 Å². The number of methoxy groups -OCH3 is 1. The molecule has 1 unspecified atom stereocenters. The molecule has 2 heterocycles. The van der Waals surface area contributed by atoms with Crippen LogP contribution in [0.2, 0.25) is 0 Å². The summed E-state index contributed by atoms with van der Waals surface area (Å²) < 4.78 is 11.2. The zero-order valence-corrected chi connectivity index (χ0v) is 26.2. The molecule has 46 heavy (non-hydrogen) atoms. The van der Waals surface area contributed by atoms with Crippen molar-refractivity contribution in [1.29, 1.82) is 0 Å². The normalized spacial score (nSPS) is 17.0. The zero-order chi connectivity index (χ0) is 31.9.